The number of carbonyl (C=O) groups excluding carboxylic acids is 1. The Morgan fingerprint density at radius 2 is 1.81 bits per heavy atom. The molecule has 0 spiro atoms. The second kappa shape index (κ2) is 5.68. The van der Waals surface area contributed by atoms with E-state index in [1.54, 1.807) is 18.2 Å². The molecule has 0 unspecified atom stereocenters. The maximum atomic E-state index is 12.2. The SMILES string of the molecule is O=C(/C=C/c1ccccc1)n1nnc2cc(Cl)c(Cl)cc21. The highest BCUT2D eigenvalue weighted by atomic mass is 35.5. The number of halogens is 2. The van der Waals surface area contributed by atoms with Gasteiger partial charge in [-0.1, -0.05) is 58.7 Å². The van der Waals surface area contributed by atoms with Gasteiger partial charge in [-0.3, -0.25) is 4.79 Å². The lowest BCUT2D eigenvalue weighted by atomic mass is 10.2. The molecule has 0 atom stereocenters. The third-order valence-electron chi connectivity index (χ3n) is 2.91. The molecule has 21 heavy (non-hydrogen) atoms. The Hall–Kier alpha value is -2.17. The van der Waals surface area contributed by atoms with Crippen molar-refractivity contribution >= 4 is 46.2 Å². The normalized spacial score (nSPS) is 11.3. The monoisotopic (exact) mass is 317 g/mol. The van der Waals surface area contributed by atoms with E-state index in [2.05, 4.69) is 10.3 Å². The molecule has 0 radical (unpaired) electrons. The molecule has 6 heteroatoms. The first-order valence-electron chi connectivity index (χ1n) is 6.13. The van der Waals surface area contributed by atoms with Gasteiger partial charge >= 0.3 is 0 Å². The molecule has 3 rings (SSSR count). The second-order valence-electron chi connectivity index (χ2n) is 4.34. The summed E-state index contributed by atoms with van der Waals surface area (Å²) in [5, 5.41) is 8.48. The molecular weight excluding hydrogens is 309 g/mol. The topological polar surface area (TPSA) is 47.8 Å². The van der Waals surface area contributed by atoms with Crippen molar-refractivity contribution in [1.29, 1.82) is 0 Å². The Labute approximate surface area is 130 Å². The van der Waals surface area contributed by atoms with E-state index in [1.165, 1.54) is 10.8 Å². The molecule has 0 N–H and O–H groups in total. The van der Waals surface area contributed by atoms with Crippen LogP contribution in [0.2, 0.25) is 10.0 Å². The highest BCUT2D eigenvalue weighted by Gasteiger charge is 2.12. The summed E-state index contributed by atoms with van der Waals surface area (Å²) in [6, 6.07) is 12.7. The van der Waals surface area contributed by atoms with Gasteiger partial charge in [0.2, 0.25) is 0 Å². The van der Waals surface area contributed by atoms with Crippen LogP contribution in [0.5, 0.6) is 0 Å². The van der Waals surface area contributed by atoms with Crippen molar-refractivity contribution in [1.82, 2.24) is 15.0 Å². The zero-order valence-electron chi connectivity index (χ0n) is 10.7. The minimum Gasteiger partial charge on any atom is -0.267 e. The van der Waals surface area contributed by atoms with E-state index < -0.39 is 0 Å². The van der Waals surface area contributed by atoms with Gasteiger partial charge in [0, 0.05) is 6.08 Å². The third kappa shape index (κ3) is 2.82. The highest BCUT2D eigenvalue weighted by molar-refractivity contribution is 6.42. The van der Waals surface area contributed by atoms with Gasteiger partial charge < -0.3 is 0 Å². The molecule has 2 aromatic carbocycles. The fourth-order valence-corrected chi connectivity index (χ4v) is 2.20. The van der Waals surface area contributed by atoms with Gasteiger partial charge in [-0.05, 0) is 23.8 Å². The first-order valence-corrected chi connectivity index (χ1v) is 6.88. The van der Waals surface area contributed by atoms with Crippen molar-refractivity contribution < 1.29 is 4.79 Å². The van der Waals surface area contributed by atoms with Crippen molar-refractivity contribution in [3.63, 3.8) is 0 Å². The summed E-state index contributed by atoms with van der Waals surface area (Å²) in [6.07, 6.45) is 3.15. The van der Waals surface area contributed by atoms with E-state index in [0.717, 1.165) is 5.56 Å². The van der Waals surface area contributed by atoms with E-state index in [1.807, 2.05) is 30.3 Å². The summed E-state index contributed by atoms with van der Waals surface area (Å²) in [5.41, 5.74) is 1.97. The Kier molecular flexibility index (Phi) is 3.73. The van der Waals surface area contributed by atoms with Gasteiger partial charge in [0.1, 0.15) is 5.52 Å². The van der Waals surface area contributed by atoms with Gasteiger partial charge in [0.15, 0.2) is 0 Å². The molecule has 0 saturated carbocycles. The van der Waals surface area contributed by atoms with Crippen molar-refractivity contribution in [2.45, 2.75) is 0 Å². The molecule has 1 heterocycles. The quantitative estimate of drug-likeness (QED) is 0.669. The molecule has 0 aliphatic rings. The number of fused-ring (bicyclic) bond motifs is 1. The molecule has 0 fully saturated rings. The number of allylic oxidation sites excluding steroid dienone is 1. The van der Waals surface area contributed by atoms with E-state index in [9.17, 15) is 4.79 Å². The third-order valence-corrected chi connectivity index (χ3v) is 3.64. The van der Waals surface area contributed by atoms with Crippen LogP contribution in [0.4, 0.5) is 0 Å². The highest BCUT2D eigenvalue weighted by Crippen LogP contribution is 2.26. The number of rotatable bonds is 2. The van der Waals surface area contributed by atoms with Crippen LogP contribution in [0.1, 0.15) is 10.4 Å². The van der Waals surface area contributed by atoms with Gasteiger partial charge in [-0.2, -0.15) is 4.68 Å². The maximum absolute atomic E-state index is 12.2. The van der Waals surface area contributed by atoms with Crippen molar-refractivity contribution in [3.8, 4) is 0 Å². The van der Waals surface area contributed by atoms with Crippen LogP contribution in [0.3, 0.4) is 0 Å². The first-order chi connectivity index (χ1) is 10.1. The number of hydrogen-bond acceptors (Lipinski definition) is 3. The lowest BCUT2D eigenvalue weighted by molar-refractivity contribution is 0.0958. The Morgan fingerprint density at radius 1 is 1.10 bits per heavy atom. The zero-order valence-corrected chi connectivity index (χ0v) is 12.2. The average Bonchev–Trinajstić information content (AvgIpc) is 2.89. The molecule has 1 aromatic heterocycles. The summed E-state index contributed by atoms with van der Waals surface area (Å²) in [6.45, 7) is 0. The Balaban J connectivity index is 1.95. The summed E-state index contributed by atoms with van der Waals surface area (Å²) >= 11 is 11.9. The number of benzene rings is 2. The van der Waals surface area contributed by atoms with Gasteiger partial charge in [-0.15, -0.1) is 5.10 Å². The van der Waals surface area contributed by atoms with Crippen LogP contribution in [0, 0.1) is 0 Å². The van der Waals surface area contributed by atoms with Gasteiger partial charge in [0.05, 0.1) is 15.6 Å². The van der Waals surface area contributed by atoms with Crippen LogP contribution in [0.25, 0.3) is 17.1 Å². The molecule has 0 bridgehead atoms. The minimum atomic E-state index is -0.306. The largest absolute Gasteiger partial charge is 0.272 e. The molecule has 0 saturated heterocycles. The van der Waals surface area contributed by atoms with E-state index >= 15 is 0 Å². The molecule has 4 nitrogen and oxygen atoms in total. The lowest BCUT2D eigenvalue weighted by Gasteiger charge is -1.98. The fraction of sp³-hybridized carbons (Fsp3) is 0. The second-order valence-corrected chi connectivity index (χ2v) is 5.15. The molecule has 0 aliphatic carbocycles. The standard InChI is InChI=1S/C15H9Cl2N3O/c16-11-8-13-14(9-12(11)17)20(19-18-13)15(21)7-6-10-4-2-1-3-5-10/h1-9H/b7-6+. The minimum absolute atomic E-state index is 0.306. The molecule has 0 aliphatic heterocycles. The zero-order chi connectivity index (χ0) is 14.8. The van der Waals surface area contributed by atoms with E-state index in [-0.39, 0.29) is 5.91 Å². The molecule has 3 aromatic rings. The van der Waals surface area contributed by atoms with Crippen molar-refractivity contribution in [2.75, 3.05) is 0 Å². The number of carbonyl (C=O) groups is 1. The summed E-state index contributed by atoms with van der Waals surface area (Å²) in [5.74, 6) is -0.306. The summed E-state index contributed by atoms with van der Waals surface area (Å²) in [4.78, 5) is 12.2. The number of nitrogens with zero attached hydrogens (tertiary/aromatic N) is 3. The van der Waals surface area contributed by atoms with Crippen LogP contribution < -0.4 is 0 Å². The van der Waals surface area contributed by atoms with E-state index in [0.29, 0.717) is 21.1 Å². The van der Waals surface area contributed by atoms with Crippen LogP contribution in [-0.2, 0) is 0 Å². The molecule has 104 valence electrons. The van der Waals surface area contributed by atoms with Crippen LogP contribution >= 0.6 is 23.2 Å². The summed E-state index contributed by atoms with van der Waals surface area (Å²) < 4.78 is 1.19. The fourth-order valence-electron chi connectivity index (χ4n) is 1.88. The average molecular weight is 318 g/mol. The Morgan fingerprint density at radius 3 is 2.57 bits per heavy atom. The first kappa shape index (κ1) is 13.8. The summed E-state index contributed by atoms with van der Waals surface area (Å²) in [7, 11) is 0. The van der Waals surface area contributed by atoms with E-state index in [4.69, 9.17) is 23.2 Å². The number of aromatic nitrogens is 3. The van der Waals surface area contributed by atoms with Crippen LogP contribution in [-0.4, -0.2) is 20.9 Å². The smallest absolute Gasteiger partial charge is 0.267 e. The predicted octanol–water partition coefficient (Wildman–Crippen LogP) is 4.09. The van der Waals surface area contributed by atoms with Crippen LogP contribution in [0.15, 0.2) is 48.5 Å². The molecular formula is C15H9Cl2N3O. The lowest BCUT2D eigenvalue weighted by Crippen LogP contribution is -2.09. The van der Waals surface area contributed by atoms with Crippen molar-refractivity contribution in [3.05, 3.63) is 64.1 Å². The molecule has 0 amide bonds. The predicted molar refractivity (Wildman–Crippen MR) is 83.7 cm³/mol. The maximum Gasteiger partial charge on any atom is 0.272 e. The Bertz CT molecular complexity index is 841. The van der Waals surface area contributed by atoms with Crippen molar-refractivity contribution in [2.24, 2.45) is 0 Å². The number of hydrogen-bond donors (Lipinski definition) is 0. The van der Waals surface area contributed by atoms with Gasteiger partial charge in [0.25, 0.3) is 5.91 Å². The van der Waals surface area contributed by atoms with Gasteiger partial charge in [-0.25, -0.2) is 0 Å².